The number of halogens is 3. The van der Waals surface area contributed by atoms with E-state index in [-0.39, 0.29) is 6.04 Å². The van der Waals surface area contributed by atoms with Gasteiger partial charge in [0.15, 0.2) is 6.23 Å². The van der Waals surface area contributed by atoms with E-state index in [9.17, 15) is 18.3 Å². The van der Waals surface area contributed by atoms with E-state index in [1.54, 1.807) is 24.3 Å². The van der Waals surface area contributed by atoms with Crippen LogP contribution in [0.3, 0.4) is 0 Å². The average molecular weight is 483 g/mol. The number of nitrogens with one attached hydrogen (secondary N) is 2. The SMILES string of the molecule is OC(NC1=CC[C@@H](Nc2cc(C(F)(F)F)nc3ccccc23)CC1)c1ccc(N2CCCC2)cc1. The summed E-state index contributed by atoms with van der Waals surface area (Å²) in [5.74, 6) is 0. The Bertz CT molecular complexity index is 1200. The molecule has 2 atom stereocenters. The van der Waals surface area contributed by atoms with Crippen LogP contribution in [0.4, 0.5) is 24.5 Å². The second kappa shape index (κ2) is 9.77. The Balaban J connectivity index is 1.23. The molecule has 0 spiro atoms. The monoisotopic (exact) mass is 482 g/mol. The number of para-hydroxylation sites is 1. The fourth-order valence-electron chi connectivity index (χ4n) is 4.86. The van der Waals surface area contributed by atoms with Crippen LogP contribution in [0.5, 0.6) is 0 Å². The molecular weight excluding hydrogens is 453 g/mol. The van der Waals surface area contributed by atoms with Crippen molar-refractivity contribution in [3.05, 3.63) is 77.6 Å². The van der Waals surface area contributed by atoms with E-state index in [1.165, 1.54) is 18.5 Å². The van der Waals surface area contributed by atoms with Crippen LogP contribution in [0.2, 0.25) is 0 Å². The highest BCUT2D eigenvalue weighted by molar-refractivity contribution is 5.91. The molecule has 2 aliphatic rings. The van der Waals surface area contributed by atoms with Gasteiger partial charge in [0.05, 0.1) is 5.52 Å². The summed E-state index contributed by atoms with van der Waals surface area (Å²) < 4.78 is 40.1. The number of allylic oxidation sites excluding steroid dienone is 1. The fraction of sp³-hybridized carbons (Fsp3) is 0.370. The summed E-state index contributed by atoms with van der Waals surface area (Å²) in [4.78, 5) is 6.14. The van der Waals surface area contributed by atoms with E-state index in [2.05, 4.69) is 32.7 Å². The van der Waals surface area contributed by atoms with Crippen molar-refractivity contribution in [2.45, 2.75) is 50.6 Å². The molecule has 1 aromatic heterocycles. The van der Waals surface area contributed by atoms with Crippen LogP contribution in [0.25, 0.3) is 10.9 Å². The van der Waals surface area contributed by atoms with Gasteiger partial charge in [0.2, 0.25) is 0 Å². The van der Waals surface area contributed by atoms with Gasteiger partial charge in [-0.05, 0) is 56.4 Å². The molecule has 5 rings (SSSR count). The predicted octanol–water partition coefficient (Wildman–Crippen LogP) is 5.98. The van der Waals surface area contributed by atoms with Crippen molar-refractivity contribution in [1.82, 2.24) is 10.3 Å². The van der Waals surface area contributed by atoms with Gasteiger partial charge in [-0.15, -0.1) is 0 Å². The molecule has 1 saturated heterocycles. The molecule has 0 radical (unpaired) electrons. The van der Waals surface area contributed by atoms with Gasteiger partial charge in [-0.25, -0.2) is 4.98 Å². The van der Waals surface area contributed by atoms with Crippen molar-refractivity contribution in [3.63, 3.8) is 0 Å². The molecule has 3 N–H and O–H groups in total. The summed E-state index contributed by atoms with van der Waals surface area (Å²) in [5.41, 5.74) is 2.79. The number of benzene rings is 2. The van der Waals surface area contributed by atoms with Crippen LogP contribution in [0.1, 0.15) is 49.6 Å². The van der Waals surface area contributed by atoms with Crippen molar-refractivity contribution >= 4 is 22.3 Å². The van der Waals surface area contributed by atoms with Crippen LogP contribution in [-0.4, -0.2) is 29.2 Å². The minimum absolute atomic E-state index is 0.00988. The first kappa shape index (κ1) is 23.5. The number of pyridine rings is 1. The largest absolute Gasteiger partial charge is 0.433 e. The lowest BCUT2D eigenvalue weighted by molar-refractivity contribution is -0.140. The molecule has 1 unspecified atom stereocenters. The molecule has 0 saturated carbocycles. The molecule has 1 aliphatic heterocycles. The van der Waals surface area contributed by atoms with E-state index >= 15 is 0 Å². The van der Waals surface area contributed by atoms with Gasteiger partial charge in [-0.1, -0.05) is 36.4 Å². The maximum absolute atomic E-state index is 13.4. The van der Waals surface area contributed by atoms with Crippen molar-refractivity contribution in [2.24, 2.45) is 0 Å². The highest BCUT2D eigenvalue weighted by atomic mass is 19.4. The quantitative estimate of drug-likeness (QED) is 0.377. The Morgan fingerprint density at radius 1 is 1.03 bits per heavy atom. The van der Waals surface area contributed by atoms with Crippen molar-refractivity contribution in [1.29, 1.82) is 0 Å². The lowest BCUT2D eigenvalue weighted by Crippen LogP contribution is -2.28. The molecule has 8 heteroatoms. The fourth-order valence-corrected chi connectivity index (χ4v) is 4.86. The Kier molecular flexibility index (Phi) is 6.56. The Labute approximate surface area is 202 Å². The number of alkyl halides is 3. The zero-order chi connectivity index (χ0) is 24.4. The molecule has 184 valence electrons. The van der Waals surface area contributed by atoms with E-state index in [0.717, 1.165) is 36.8 Å². The summed E-state index contributed by atoms with van der Waals surface area (Å²) >= 11 is 0. The number of hydrogen-bond donors (Lipinski definition) is 3. The first-order chi connectivity index (χ1) is 16.9. The van der Waals surface area contributed by atoms with Gasteiger partial charge >= 0.3 is 6.18 Å². The van der Waals surface area contributed by atoms with Gasteiger partial charge in [-0.2, -0.15) is 13.2 Å². The number of aromatic nitrogens is 1. The topological polar surface area (TPSA) is 60.4 Å². The average Bonchev–Trinajstić information content (AvgIpc) is 3.40. The van der Waals surface area contributed by atoms with Crippen LogP contribution < -0.4 is 15.5 Å². The van der Waals surface area contributed by atoms with Crippen LogP contribution in [-0.2, 0) is 6.18 Å². The zero-order valence-electron chi connectivity index (χ0n) is 19.4. The molecule has 0 bridgehead atoms. The third-order valence-electron chi connectivity index (χ3n) is 6.78. The predicted molar refractivity (Wildman–Crippen MR) is 132 cm³/mol. The van der Waals surface area contributed by atoms with Gasteiger partial charge in [0.25, 0.3) is 0 Å². The Hall–Kier alpha value is -3.26. The van der Waals surface area contributed by atoms with Crippen LogP contribution in [0.15, 0.2) is 66.4 Å². The first-order valence-corrected chi connectivity index (χ1v) is 12.1. The maximum atomic E-state index is 13.4. The van der Waals surface area contributed by atoms with E-state index < -0.39 is 18.1 Å². The number of aliphatic hydroxyl groups excluding tert-OH is 1. The highest BCUT2D eigenvalue weighted by Gasteiger charge is 2.33. The summed E-state index contributed by atoms with van der Waals surface area (Å²) in [6.45, 7) is 2.16. The highest BCUT2D eigenvalue weighted by Crippen LogP contribution is 2.34. The summed E-state index contributed by atoms with van der Waals surface area (Å²) in [6, 6.07) is 15.9. The molecule has 2 aromatic carbocycles. The van der Waals surface area contributed by atoms with E-state index in [1.807, 2.05) is 18.2 Å². The smallest absolute Gasteiger partial charge is 0.381 e. The van der Waals surface area contributed by atoms with Crippen molar-refractivity contribution in [2.75, 3.05) is 23.3 Å². The number of nitrogens with zero attached hydrogens (tertiary/aromatic N) is 2. The van der Waals surface area contributed by atoms with E-state index in [4.69, 9.17) is 0 Å². The third-order valence-corrected chi connectivity index (χ3v) is 6.78. The van der Waals surface area contributed by atoms with Crippen molar-refractivity contribution < 1.29 is 18.3 Å². The second-order valence-electron chi connectivity index (χ2n) is 9.25. The van der Waals surface area contributed by atoms with Crippen LogP contribution >= 0.6 is 0 Å². The maximum Gasteiger partial charge on any atom is 0.433 e. The molecule has 35 heavy (non-hydrogen) atoms. The molecule has 2 heterocycles. The molecule has 0 amide bonds. The van der Waals surface area contributed by atoms with Gasteiger partial charge < -0.3 is 20.6 Å². The summed E-state index contributed by atoms with van der Waals surface area (Å²) in [6.07, 6.45) is 1.20. The second-order valence-corrected chi connectivity index (χ2v) is 9.25. The van der Waals surface area contributed by atoms with Crippen molar-refractivity contribution in [3.8, 4) is 0 Å². The number of hydrogen-bond acceptors (Lipinski definition) is 5. The normalized spacial score (nSPS) is 19.5. The zero-order valence-corrected chi connectivity index (χ0v) is 19.4. The number of fused-ring (bicyclic) bond motifs is 1. The lowest BCUT2D eigenvalue weighted by Gasteiger charge is -2.27. The molecule has 3 aromatic rings. The number of anilines is 2. The Morgan fingerprint density at radius 2 is 1.77 bits per heavy atom. The third kappa shape index (κ3) is 5.37. The molecule has 5 nitrogen and oxygen atoms in total. The van der Waals surface area contributed by atoms with Gasteiger partial charge in [0.1, 0.15) is 5.69 Å². The summed E-state index contributed by atoms with van der Waals surface area (Å²) in [5, 5.41) is 17.8. The van der Waals surface area contributed by atoms with Gasteiger partial charge in [-0.3, -0.25) is 0 Å². The van der Waals surface area contributed by atoms with E-state index in [0.29, 0.717) is 29.4 Å². The van der Waals surface area contributed by atoms with Gasteiger partial charge in [0, 0.05) is 47.2 Å². The minimum atomic E-state index is -4.51. The molecule has 1 fully saturated rings. The molecule has 1 aliphatic carbocycles. The summed E-state index contributed by atoms with van der Waals surface area (Å²) in [7, 11) is 0. The lowest BCUT2D eigenvalue weighted by atomic mass is 9.98. The number of rotatable bonds is 6. The first-order valence-electron chi connectivity index (χ1n) is 12.1. The molecular formula is C27H29F3N4O. The van der Waals surface area contributed by atoms with Crippen LogP contribution in [0, 0.1) is 0 Å². The standard InChI is InChI=1S/C27H29F3N4O/c28-27(29,30)25-17-24(22-5-1-2-6-23(22)33-25)31-19-9-11-20(12-10-19)32-26(35)18-7-13-21(14-8-18)34-15-3-4-16-34/h1-2,5-8,11,13-14,17,19,26,32,35H,3-4,9-10,12,15-16H2,(H,31,33)/t19-,26?/m1/s1. The number of aliphatic hydroxyl groups is 1. The minimum Gasteiger partial charge on any atom is -0.381 e. The Morgan fingerprint density at radius 3 is 2.46 bits per heavy atom.